The molecule has 0 bridgehead atoms. The topological polar surface area (TPSA) is 65.3 Å². The fraction of sp³-hybridized carbons (Fsp3) is 0.571. The van der Waals surface area contributed by atoms with E-state index >= 15 is 0 Å². The van der Waals surface area contributed by atoms with Gasteiger partial charge in [-0.3, -0.25) is 4.90 Å². The van der Waals surface area contributed by atoms with Gasteiger partial charge in [0.15, 0.2) is 5.65 Å². The van der Waals surface area contributed by atoms with Crippen LogP contribution in [0.2, 0.25) is 0 Å². The van der Waals surface area contributed by atoms with E-state index in [-0.39, 0.29) is 0 Å². The Kier molecular flexibility index (Phi) is 6.02. The largest absolute Gasteiger partial charge is 0.461 e. The highest BCUT2D eigenvalue weighted by molar-refractivity contribution is 5.70. The summed E-state index contributed by atoms with van der Waals surface area (Å²) in [5.41, 5.74) is 3.09. The minimum absolute atomic E-state index is 0.373. The smallest absolute Gasteiger partial charge is 0.318 e. The van der Waals surface area contributed by atoms with E-state index in [0.29, 0.717) is 25.1 Å². The summed E-state index contributed by atoms with van der Waals surface area (Å²) in [4.78, 5) is 16.0. The van der Waals surface area contributed by atoms with E-state index in [1.54, 1.807) is 13.3 Å². The monoisotopic (exact) mass is 383 g/mol. The molecule has 4 rings (SSSR count). The van der Waals surface area contributed by atoms with Crippen molar-refractivity contribution in [1.82, 2.24) is 24.4 Å². The van der Waals surface area contributed by atoms with Gasteiger partial charge in [0.25, 0.3) is 0 Å². The summed E-state index contributed by atoms with van der Waals surface area (Å²) in [5.74, 6) is 1.41. The first-order valence-corrected chi connectivity index (χ1v) is 10.1. The molecule has 1 aliphatic heterocycles. The van der Waals surface area contributed by atoms with Gasteiger partial charge in [-0.25, -0.2) is 9.97 Å². The highest BCUT2D eigenvalue weighted by Crippen LogP contribution is 2.23. The highest BCUT2D eigenvalue weighted by Gasteiger charge is 2.18. The van der Waals surface area contributed by atoms with Crippen molar-refractivity contribution in [3.05, 3.63) is 35.8 Å². The Morgan fingerprint density at radius 1 is 1.18 bits per heavy atom. The average Bonchev–Trinajstić information content (AvgIpc) is 3.32. The van der Waals surface area contributed by atoms with Crippen molar-refractivity contribution < 1.29 is 9.47 Å². The van der Waals surface area contributed by atoms with Gasteiger partial charge in [0, 0.05) is 20.2 Å². The predicted octanol–water partition coefficient (Wildman–Crippen LogP) is 2.76. The summed E-state index contributed by atoms with van der Waals surface area (Å²) in [6.45, 7) is 7.40. The van der Waals surface area contributed by atoms with Crippen LogP contribution >= 0.6 is 0 Å². The van der Waals surface area contributed by atoms with Crippen LogP contribution in [0.25, 0.3) is 11.2 Å². The molecule has 1 unspecified atom stereocenters. The number of hydrogen-bond donors (Lipinski definition) is 0. The standard InChI is InChI=1S/C21H29N5O2/c1-16-23-19-13-22-21(28-12-11-27-2)24-20(19)26(16)15-18-7-5-17(6-8-18)14-25-9-3-4-10-25/h5-7,13,18H,3-4,8-12,14-15H2,1-2H3. The molecule has 0 amide bonds. The third-order valence-electron chi connectivity index (χ3n) is 5.46. The maximum atomic E-state index is 5.57. The van der Waals surface area contributed by atoms with Crippen LogP contribution in [0.5, 0.6) is 6.01 Å². The van der Waals surface area contributed by atoms with Crippen LogP contribution in [0, 0.1) is 12.8 Å². The zero-order chi connectivity index (χ0) is 19.3. The molecule has 1 fully saturated rings. The van der Waals surface area contributed by atoms with Gasteiger partial charge in [-0.1, -0.05) is 18.2 Å². The summed E-state index contributed by atoms with van der Waals surface area (Å²) in [6.07, 6.45) is 12.5. The normalized spacial score (nSPS) is 20.1. The molecule has 1 saturated heterocycles. The van der Waals surface area contributed by atoms with E-state index in [1.165, 1.54) is 31.5 Å². The Morgan fingerprint density at radius 2 is 2.04 bits per heavy atom. The van der Waals surface area contributed by atoms with Crippen molar-refractivity contribution in [2.24, 2.45) is 5.92 Å². The van der Waals surface area contributed by atoms with Crippen LogP contribution in [0.3, 0.4) is 0 Å². The van der Waals surface area contributed by atoms with Gasteiger partial charge >= 0.3 is 6.01 Å². The van der Waals surface area contributed by atoms with Crippen LogP contribution in [-0.4, -0.2) is 64.4 Å². The first-order chi connectivity index (χ1) is 13.7. The summed E-state index contributed by atoms with van der Waals surface area (Å²) < 4.78 is 12.8. The second kappa shape index (κ2) is 8.84. The van der Waals surface area contributed by atoms with Crippen molar-refractivity contribution in [1.29, 1.82) is 0 Å². The molecule has 0 spiro atoms. The Labute approximate surface area is 166 Å². The lowest BCUT2D eigenvalue weighted by atomic mass is 9.96. The Balaban J connectivity index is 1.42. The summed E-state index contributed by atoms with van der Waals surface area (Å²) in [5, 5.41) is 0. The second-order valence-corrected chi connectivity index (χ2v) is 7.59. The lowest BCUT2D eigenvalue weighted by Crippen LogP contribution is -2.22. The second-order valence-electron chi connectivity index (χ2n) is 7.59. The van der Waals surface area contributed by atoms with Gasteiger partial charge in [0.2, 0.25) is 0 Å². The molecule has 2 aromatic rings. The van der Waals surface area contributed by atoms with Gasteiger partial charge in [0.05, 0.1) is 12.8 Å². The number of ether oxygens (including phenoxy) is 2. The molecule has 1 aliphatic carbocycles. The quantitative estimate of drug-likeness (QED) is 0.653. The predicted molar refractivity (Wildman–Crippen MR) is 108 cm³/mol. The highest BCUT2D eigenvalue weighted by atomic mass is 16.5. The van der Waals surface area contributed by atoms with Crippen LogP contribution < -0.4 is 4.74 Å². The van der Waals surface area contributed by atoms with Gasteiger partial charge in [-0.15, -0.1) is 0 Å². The minimum Gasteiger partial charge on any atom is -0.461 e. The molecule has 0 N–H and O–H groups in total. The Bertz CT molecular complexity index is 867. The number of rotatable bonds is 8. The average molecular weight is 383 g/mol. The molecule has 3 heterocycles. The zero-order valence-electron chi connectivity index (χ0n) is 16.8. The van der Waals surface area contributed by atoms with Gasteiger partial charge in [-0.2, -0.15) is 4.98 Å². The van der Waals surface area contributed by atoms with Gasteiger partial charge < -0.3 is 14.0 Å². The van der Waals surface area contributed by atoms with Crippen LogP contribution in [0.4, 0.5) is 0 Å². The van der Waals surface area contributed by atoms with Gasteiger partial charge in [0.1, 0.15) is 17.9 Å². The lowest BCUT2D eigenvalue weighted by Gasteiger charge is -2.21. The third-order valence-corrected chi connectivity index (χ3v) is 5.46. The molecule has 28 heavy (non-hydrogen) atoms. The SMILES string of the molecule is COCCOc1ncc2nc(C)n(CC3C=CC(CN4CCCC4)=CC3)c2n1. The zero-order valence-corrected chi connectivity index (χ0v) is 16.8. The number of aryl methyl sites for hydroxylation is 1. The molecule has 2 aliphatic rings. The summed E-state index contributed by atoms with van der Waals surface area (Å²) >= 11 is 0. The van der Waals surface area contributed by atoms with E-state index in [4.69, 9.17) is 9.47 Å². The molecule has 0 saturated carbocycles. The summed E-state index contributed by atoms with van der Waals surface area (Å²) in [7, 11) is 1.65. The van der Waals surface area contributed by atoms with Crippen LogP contribution in [0.15, 0.2) is 30.0 Å². The number of aromatic nitrogens is 4. The Morgan fingerprint density at radius 3 is 2.79 bits per heavy atom. The van der Waals surface area contributed by atoms with Crippen molar-refractivity contribution in [2.75, 3.05) is 40.0 Å². The van der Waals surface area contributed by atoms with E-state index in [0.717, 1.165) is 36.5 Å². The van der Waals surface area contributed by atoms with Crippen molar-refractivity contribution in [3.63, 3.8) is 0 Å². The fourth-order valence-corrected chi connectivity index (χ4v) is 3.92. The van der Waals surface area contributed by atoms with E-state index < -0.39 is 0 Å². The molecular weight excluding hydrogens is 354 g/mol. The third kappa shape index (κ3) is 4.42. The molecular formula is C21H29N5O2. The van der Waals surface area contributed by atoms with Crippen LogP contribution in [-0.2, 0) is 11.3 Å². The first kappa shape index (κ1) is 19.1. The van der Waals surface area contributed by atoms with E-state index in [1.807, 2.05) is 6.92 Å². The van der Waals surface area contributed by atoms with Crippen molar-refractivity contribution in [2.45, 2.75) is 32.7 Å². The number of allylic oxidation sites excluding steroid dienone is 2. The number of fused-ring (bicyclic) bond motifs is 1. The fourth-order valence-electron chi connectivity index (χ4n) is 3.92. The number of likely N-dealkylation sites (tertiary alicyclic amines) is 1. The molecule has 2 aromatic heterocycles. The summed E-state index contributed by atoms with van der Waals surface area (Å²) in [6, 6.07) is 0.373. The number of hydrogen-bond acceptors (Lipinski definition) is 6. The first-order valence-electron chi connectivity index (χ1n) is 10.1. The maximum Gasteiger partial charge on any atom is 0.318 e. The molecule has 7 nitrogen and oxygen atoms in total. The molecule has 7 heteroatoms. The van der Waals surface area contributed by atoms with E-state index in [2.05, 4.69) is 42.6 Å². The number of imidazole rings is 1. The lowest BCUT2D eigenvalue weighted by molar-refractivity contribution is 0.141. The molecule has 0 radical (unpaired) electrons. The number of methoxy groups -OCH3 is 1. The number of nitrogens with zero attached hydrogens (tertiary/aromatic N) is 5. The maximum absolute atomic E-state index is 5.57. The van der Waals surface area contributed by atoms with Gasteiger partial charge in [-0.05, 0) is 50.8 Å². The molecule has 150 valence electrons. The van der Waals surface area contributed by atoms with Crippen molar-refractivity contribution in [3.8, 4) is 6.01 Å². The molecule has 1 atom stereocenters. The Hall–Kier alpha value is -2.25. The molecule has 0 aromatic carbocycles. The van der Waals surface area contributed by atoms with E-state index in [9.17, 15) is 0 Å². The van der Waals surface area contributed by atoms with Crippen LogP contribution in [0.1, 0.15) is 25.1 Å². The minimum atomic E-state index is 0.373. The van der Waals surface area contributed by atoms with Crippen molar-refractivity contribution >= 4 is 11.2 Å².